The van der Waals surface area contributed by atoms with Gasteiger partial charge in [0.05, 0.1) is 0 Å². The van der Waals surface area contributed by atoms with Crippen molar-refractivity contribution in [3.63, 3.8) is 0 Å². The molecule has 1 nitrogen and oxygen atoms in total. The first-order valence-electron chi connectivity index (χ1n) is 11.9. The molecular weight excluding hydrogens is 314 g/mol. The van der Waals surface area contributed by atoms with Crippen LogP contribution >= 0.6 is 0 Å². The van der Waals surface area contributed by atoms with Crippen molar-refractivity contribution >= 4 is 0 Å². The van der Waals surface area contributed by atoms with Crippen LogP contribution in [0.1, 0.15) is 51.2 Å². The SMILES string of the molecule is [2H]C([2H])([2H])c1ccccc1-c1cc(-c2ccc(C(C)(C)C)cc2C)[n+](C)cc1C([2H])([2H])[2H]. The van der Waals surface area contributed by atoms with Crippen LogP contribution in [0.15, 0.2) is 54.7 Å². The van der Waals surface area contributed by atoms with E-state index < -0.39 is 13.7 Å². The summed E-state index contributed by atoms with van der Waals surface area (Å²) < 4.78 is 49.9. The molecule has 0 atom stereocenters. The van der Waals surface area contributed by atoms with Crippen LogP contribution in [0.4, 0.5) is 0 Å². The number of nitrogens with zero attached hydrogens (tertiary/aromatic N) is 1. The zero-order chi connectivity index (χ0) is 24.1. The molecule has 0 amide bonds. The normalized spacial score (nSPS) is 16.0. The Morgan fingerprint density at radius 2 is 1.54 bits per heavy atom. The first kappa shape index (κ1) is 12.1. The minimum atomic E-state index is -2.39. The van der Waals surface area contributed by atoms with E-state index in [2.05, 4.69) is 39.0 Å². The van der Waals surface area contributed by atoms with Gasteiger partial charge in [-0.25, -0.2) is 4.57 Å². The molecule has 0 saturated carbocycles. The Morgan fingerprint density at radius 1 is 0.808 bits per heavy atom. The smallest absolute Gasteiger partial charge is 0.201 e. The number of hydrogen-bond donors (Lipinski definition) is 0. The van der Waals surface area contributed by atoms with E-state index in [0.29, 0.717) is 11.1 Å². The highest BCUT2D eigenvalue weighted by atomic mass is 14.9. The van der Waals surface area contributed by atoms with E-state index >= 15 is 0 Å². The Kier molecular flexibility index (Phi) is 3.12. The van der Waals surface area contributed by atoms with E-state index in [4.69, 9.17) is 8.22 Å². The second kappa shape index (κ2) is 6.72. The third kappa shape index (κ3) is 3.44. The molecule has 0 aliphatic heterocycles. The van der Waals surface area contributed by atoms with Crippen LogP contribution in [-0.2, 0) is 12.5 Å². The van der Waals surface area contributed by atoms with Gasteiger partial charge in [-0.05, 0) is 59.9 Å². The van der Waals surface area contributed by atoms with Gasteiger partial charge in [-0.1, -0.05) is 57.2 Å². The largest absolute Gasteiger partial charge is 0.213 e. The molecule has 0 bridgehead atoms. The lowest BCUT2D eigenvalue weighted by molar-refractivity contribution is -0.660. The molecule has 2 aromatic carbocycles. The predicted octanol–water partition coefficient (Wildman–Crippen LogP) is 6.07. The van der Waals surface area contributed by atoms with Gasteiger partial charge in [0.2, 0.25) is 5.69 Å². The Hall–Kier alpha value is -2.41. The molecule has 0 unspecified atom stereocenters. The molecular formula is C25H30N+. The van der Waals surface area contributed by atoms with Gasteiger partial charge in [-0.15, -0.1) is 0 Å². The minimum Gasteiger partial charge on any atom is -0.201 e. The standard InChI is InChI=1S/C25H30N/c1-17-10-8-9-11-21(17)23-15-24(26(7)16-19(23)3)22-13-12-20(14-18(22)2)25(4,5)6/h8-16H,1-7H3/q+1/i1D3,3D3. The van der Waals surface area contributed by atoms with Crippen molar-refractivity contribution in [1.29, 1.82) is 0 Å². The summed E-state index contributed by atoms with van der Waals surface area (Å²) in [4.78, 5) is 0. The molecule has 0 spiro atoms. The molecule has 1 aromatic heterocycles. The molecule has 0 aliphatic carbocycles. The van der Waals surface area contributed by atoms with E-state index in [1.54, 1.807) is 30.5 Å². The van der Waals surface area contributed by atoms with Crippen molar-refractivity contribution in [2.45, 2.75) is 46.8 Å². The van der Waals surface area contributed by atoms with E-state index in [0.717, 1.165) is 16.8 Å². The fourth-order valence-corrected chi connectivity index (χ4v) is 3.28. The average molecular weight is 351 g/mol. The zero-order valence-electron chi connectivity index (χ0n) is 22.1. The third-order valence-corrected chi connectivity index (χ3v) is 4.86. The van der Waals surface area contributed by atoms with Gasteiger partial charge >= 0.3 is 0 Å². The van der Waals surface area contributed by atoms with E-state index in [1.165, 1.54) is 5.56 Å². The van der Waals surface area contributed by atoms with Gasteiger partial charge in [-0.2, -0.15) is 0 Å². The van der Waals surface area contributed by atoms with Gasteiger partial charge in [0.25, 0.3) is 0 Å². The average Bonchev–Trinajstić information content (AvgIpc) is 2.66. The highest BCUT2D eigenvalue weighted by Gasteiger charge is 2.20. The van der Waals surface area contributed by atoms with Crippen LogP contribution in [-0.4, -0.2) is 0 Å². The minimum absolute atomic E-state index is 0.0143. The van der Waals surface area contributed by atoms with Gasteiger partial charge in [0, 0.05) is 25.4 Å². The molecule has 0 N–H and O–H groups in total. The molecule has 3 rings (SSSR count). The first-order chi connectivity index (χ1) is 14.6. The number of pyridine rings is 1. The van der Waals surface area contributed by atoms with Gasteiger partial charge in [0.1, 0.15) is 7.05 Å². The van der Waals surface area contributed by atoms with Gasteiger partial charge in [0.15, 0.2) is 6.20 Å². The number of aromatic nitrogens is 1. The number of benzene rings is 2. The Balaban J connectivity index is 2.33. The zero-order valence-corrected chi connectivity index (χ0v) is 16.1. The number of aryl methyl sites for hydroxylation is 4. The molecule has 0 radical (unpaired) electrons. The lowest BCUT2D eigenvalue weighted by Crippen LogP contribution is -2.31. The fraction of sp³-hybridized carbons (Fsp3) is 0.320. The number of hydrogen-bond acceptors (Lipinski definition) is 0. The lowest BCUT2D eigenvalue weighted by atomic mass is 9.85. The van der Waals surface area contributed by atoms with Crippen molar-refractivity contribution in [2.75, 3.05) is 0 Å². The van der Waals surface area contributed by atoms with Crippen LogP contribution in [0, 0.1) is 20.6 Å². The molecule has 134 valence electrons. The maximum atomic E-state index is 8.08. The Bertz CT molecular complexity index is 1150. The van der Waals surface area contributed by atoms with Crippen LogP contribution in [0.5, 0.6) is 0 Å². The van der Waals surface area contributed by atoms with Crippen LogP contribution in [0.3, 0.4) is 0 Å². The summed E-state index contributed by atoms with van der Waals surface area (Å²) >= 11 is 0. The van der Waals surface area contributed by atoms with Crippen molar-refractivity contribution in [1.82, 2.24) is 0 Å². The highest BCUT2D eigenvalue weighted by Crippen LogP contribution is 2.32. The van der Waals surface area contributed by atoms with E-state index in [9.17, 15) is 0 Å². The summed E-state index contributed by atoms with van der Waals surface area (Å²) in [7, 11) is 1.82. The van der Waals surface area contributed by atoms with Crippen molar-refractivity contribution in [3.05, 3.63) is 77.0 Å². The summed E-state index contributed by atoms with van der Waals surface area (Å²) in [6.45, 7) is 3.78. The molecule has 26 heavy (non-hydrogen) atoms. The van der Waals surface area contributed by atoms with Crippen LogP contribution in [0.25, 0.3) is 22.4 Å². The van der Waals surface area contributed by atoms with Crippen molar-refractivity contribution in [2.24, 2.45) is 7.05 Å². The molecule has 1 heterocycles. The third-order valence-electron chi connectivity index (χ3n) is 4.86. The molecule has 0 aliphatic rings. The maximum absolute atomic E-state index is 8.08. The van der Waals surface area contributed by atoms with E-state index in [1.807, 2.05) is 24.6 Å². The van der Waals surface area contributed by atoms with Crippen molar-refractivity contribution < 1.29 is 12.8 Å². The summed E-state index contributed by atoms with van der Waals surface area (Å²) in [6.07, 6.45) is 1.60. The topological polar surface area (TPSA) is 3.88 Å². The predicted molar refractivity (Wildman–Crippen MR) is 111 cm³/mol. The van der Waals surface area contributed by atoms with Gasteiger partial charge in [-0.3, -0.25) is 0 Å². The molecule has 1 heteroatoms. The molecule has 0 saturated heterocycles. The Labute approximate surface area is 166 Å². The summed E-state index contributed by atoms with van der Waals surface area (Å²) in [6, 6.07) is 14.8. The Morgan fingerprint density at radius 3 is 2.19 bits per heavy atom. The summed E-state index contributed by atoms with van der Waals surface area (Å²) in [5.41, 5.74) is 5.22. The second-order valence-corrected chi connectivity index (χ2v) is 7.92. The first-order valence-corrected chi connectivity index (χ1v) is 8.86. The van der Waals surface area contributed by atoms with Gasteiger partial charge < -0.3 is 0 Å². The van der Waals surface area contributed by atoms with Crippen LogP contribution in [0.2, 0.25) is 0 Å². The second-order valence-electron chi connectivity index (χ2n) is 7.92. The maximum Gasteiger partial charge on any atom is 0.213 e. The summed E-state index contributed by atoms with van der Waals surface area (Å²) in [5.74, 6) is 0. The molecule has 3 aromatic rings. The van der Waals surface area contributed by atoms with Crippen molar-refractivity contribution in [3.8, 4) is 22.4 Å². The van der Waals surface area contributed by atoms with Crippen LogP contribution < -0.4 is 4.57 Å². The number of rotatable bonds is 2. The molecule has 0 fully saturated rings. The highest BCUT2D eigenvalue weighted by molar-refractivity contribution is 5.74. The quantitative estimate of drug-likeness (QED) is 0.494. The summed E-state index contributed by atoms with van der Waals surface area (Å²) in [5, 5.41) is 0. The fourth-order valence-electron chi connectivity index (χ4n) is 3.28. The van der Waals surface area contributed by atoms with E-state index in [-0.39, 0.29) is 16.5 Å². The monoisotopic (exact) mass is 350 g/mol. The lowest BCUT2D eigenvalue weighted by Gasteiger charge is -2.20.